The van der Waals surface area contributed by atoms with E-state index in [1.807, 2.05) is 51.1 Å². The second kappa shape index (κ2) is 12.1. The van der Waals surface area contributed by atoms with Crippen molar-refractivity contribution in [3.05, 3.63) is 98.1 Å². The lowest BCUT2D eigenvalue weighted by molar-refractivity contribution is -0.123. The zero-order valence-corrected chi connectivity index (χ0v) is 24.3. The van der Waals surface area contributed by atoms with Gasteiger partial charge in [-0.1, -0.05) is 41.4 Å². The molecule has 0 bridgehead atoms. The number of nitrogens with zero attached hydrogens (tertiary/aromatic N) is 2. The number of amides is 2. The highest BCUT2D eigenvalue weighted by Crippen LogP contribution is 2.39. The highest BCUT2D eigenvalue weighted by atomic mass is 35.5. The van der Waals surface area contributed by atoms with Gasteiger partial charge in [-0.25, -0.2) is 5.43 Å². The van der Waals surface area contributed by atoms with E-state index >= 15 is 0 Å². The van der Waals surface area contributed by atoms with Crippen LogP contribution in [0.15, 0.2) is 59.7 Å². The lowest BCUT2D eigenvalue weighted by Gasteiger charge is -2.14. The van der Waals surface area contributed by atoms with Crippen molar-refractivity contribution in [3.8, 4) is 10.8 Å². The number of fused-ring (bicyclic) bond motifs is 1. The lowest BCUT2D eigenvalue weighted by Crippen LogP contribution is -2.24. The number of thiophene rings is 1. The average Bonchev–Trinajstić information content (AvgIpc) is 3.45. The number of hydrogen-bond acceptors (Lipinski definition) is 5. The Kier molecular flexibility index (Phi) is 8.38. The summed E-state index contributed by atoms with van der Waals surface area (Å²) in [6.45, 7) is 5.83. The van der Waals surface area contributed by atoms with Crippen LogP contribution >= 0.6 is 22.9 Å². The molecule has 0 radical (unpaired) electrons. The maximum atomic E-state index is 13.7. The Bertz CT molecular complexity index is 1590. The maximum Gasteiger partial charge on any atom is 0.277 e. The van der Waals surface area contributed by atoms with Crippen LogP contribution in [0.4, 0.5) is 5.69 Å². The predicted octanol–water partition coefficient (Wildman–Crippen LogP) is 6.78. The standard InChI is InChI=1S/C31H31ClN4O3S/c1-19-12-14-23(15-13-19)34-30(38)29-24-8-4-7-11-27(24)40-31(29)36-20(2)16-22(21(36)3)17-33-35-28(37)18-39-26-10-6-5-9-25(26)32/h5-6,9-10,12-17H,4,7-8,11,18H2,1-3H3,(H,34,38)(H,35,37)/b33-17+. The van der Waals surface area contributed by atoms with Gasteiger partial charge >= 0.3 is 0 Å². The highest BCUT2D eigenvalue weighted by Gasteiger charge is 2.28. The lowest BCUT2D eigenvalue weighted by atomic mass is 9.95. The Morgan fingerprint density at radius 2 is 1.82 bits per heavy atom. The topological polar surface area (TPSA) is 84.7 Å². The van der Waals surface area contributed by atoms with Gasteiger partial charge in [0, 0.05) is 27.5 Å². The molecule has 5 rings (SSSR count). The van der Waals surface area contributed by atoms with Crippen molar-refractivity contribution in [2.45, 2.75) is 46.5 Å². The molecule has 0 atom stereocenters. The molecule has 0 unspecified atom stereocenters. The second-order valence-corrected chi connectivity index (χ2v) is 11.4. The van der Waals surface area contributed by atoms with E-state index in [0.717, 1.165) is 70.0 Å². The van der Waals surface area contributed by atoms with E-state index in [1.165, 1.54) is 4.88 Å². The van der Waals surface area contributed by atoms with E-state index in [4.69, 9.17) is 16.3 Å². The number of nitrogens with one attached hydrogen (secondary N) is 2. The van der Waals surface area contributed by atoms with Gasteiger partial charge in [0.2, 0.25) is 0 Å². The number of halogens is 1. The summed E-state index contributed by atoms with van der Waals surface area (Å²) in [7, 11) is 0. The first-order chi connectivity index (χ1) is 19.3. The van der Waals surface area contributed by atoms with E-state index < -0.39 is 5.91 Å². The fourth-order valence-electron chi connectivity index (χ4n) is 4.92. The smallest absolute Gasteiger partial charge is 0.277 e. The van der Waals surface area contributed by atoms with Gasteiger partial charge in [-0.05, 0) is 82.3 Å². The van der Waals surface area contributed by atoms with E-state index in [9.17, 15) is 9.59 Å². The molecule has 0 aliphatic heterocycles. The number of para-hydroxylation sites is 1. The zero-order chi connectivity index (χ0) is 28.2. The predicted molar refractivity (Wildman–Crippen MR) is 162 cm³/mol. The van der Waals surface area contributed by atoms with Crippen molar-refractivity contribution in [3.63, 3.8) is 0 Å². The fraction of sp³-hybridized carbons (Fsp3) is 0.258. The van der Waals surface area contributed by atoms with Gasteiger partial charge in [0.05, 0.1) is 16.8 Å². The van der Waals surface area contributed by atoms with Crippen LogP contribution in [0.25, 0.3) is 5.00 Å². The number of carbonyl (C=O) groups excluding carboxylic acids is 2. The number of aryl methyl sites for hydroxylation is 3. The third kappa shape index (κ3) is 5.98. The number of hydrogen-bond donors (Lipinski definition) is 2. The first-order valence-electron chi connectivity index (χ1n) is 13.2. The number of anilines is 1. The fourth-order valence-corrected chi connectivity index (χ4v) is 6.60. The van der Waals surface area contributed by atoms with Crippen molar-refractivity contribution in [1.29, 1.82) is 0 Å². The molecule has 0 fully saturated rings. The SMILES string of the molecule is Cc1ccc(NC(=O)c2c(-n3c(C)cc(/C=N/NC(=O)COc4ccccc4Cl)c3C)sc3c2CCCC3)cc1. The van der Waals surface area contributed by atoms with E-state index in [0.29, 0.717) is 10.8 Å². The molecule has 2 heterocycles. The minimum atomic E-state index is -0.397. The van der Waals surface area contributed by atoms with Gasteiger partial charge in [0.15, 0.2) is 6.61 Å². The van der Waals surface area contributed by atoms with Crippen molar-refractivity contribution in [2.24, 2.45) is 5.10 Å². The Morgan fingerprint density at radius 3 is 2.60 bits per heavy atom. The van der Waals surface area contributed by atoms with Crippen molar-refractivity contribution >= 4 is 46.7 Å². The molecule has 1 aliphatic carbocycles. The number of ether oxygens (including phenoxy) is 1. The molecule has 4 aromatic rings. The van der Waals surface area contributed by atoms with Crippen LogP contribution in [0.1, 0.15) is 56.2 Å². The summed E-state index contributed by atoms with van der Waals surface area (Å²) in [6, 6.07) is 16.8. The molecule has 1 aliphatic rings. The number of carbonyl (C=O) groups is 2. The van der Waals surface area contributed by atoms with E-state index in [-0.39, 0.29) is 12.5 Å². The second-order valence-electron chi connectivity index (χ2n) is 9.89. The van der Waals surface area contributed by atoms with Crippen LogP contribution in [0.2, 0.25) is 5.02 Å². The van der Waals surface area contributed by atoms with E-state index in [2.05, 4.69) is 20.4 Å². The monoisotopic (exact) mass is 574 g/mol. The minimum absolute atomic E-state index is 0.0910. The van der Waals surface area contributed by atoms with Crippen LogP contribution in [-0.4, -0.2) is 29.2 Å². The molecule has 40 heavy (non-hydrogen) atoms. The molecule has 9 heteroatoms. The molecule has 0 saturated carbocycles. The van der Waals surface area contributed by atoms with Gasteiger partial charge in [-0.15, -0.1) is 11.3 Å². The average molecular weight is 575 g/mol. The minimum Gasteiger partial charge on any atom is -0.482 e. The largest absolute Gasteiger partial charge is 0.482 e. The van der Waals surface area contributed by atoms with Crippen LogP contribution in [0.3, 0.4) is 0 Å². The Labute approximate surface area is 242 Å². The number of aromatic nitrogens is 1. The van der Waals surface area contributed by atoms with Crippen molar-refractivity contribution < 1.29 is 14.3 Å². The summed E-state index contributed by atoms with van der Waals surface area (Å²) in [5.74, 6) is -0.0505. The van der Waals surface area contributed by atoms with Crippen LogP contribution < -0.4 is 15.5 Å². The molecule has 0 saturated heterocycles. The van der Waals surface area contributed by atoms with Crippen LogP contribution in [0.5, 0.6) is 5.75 Å². The molecule has 2 amide bonds. The molecule has 2 aromatic carbocycles. The number of hydrazone groups is 1. The third-order valence-corrected chi connectivity index (χ3v) is 8.54. The molecule has 7 nitrogen and oxygen atoms in total. The summed E-state index contributed by atoms with van der Waals surface area (Å²) >= 11 is 7.77. The van der Waals surface area contributed by atoms with Gasteiger partial charge in [0.25, 0.3) is 11.8 Å². The zero-order valence-electron chi connectivity index (χ0n) is 22.7. The molecule has 0 spiro atoms. The first kappa shape index (κ1) is 27.7. The number of rotatable bonds is 8. The summed E-state index contributed by atoms with van der Waals surface area (Å²) in [6.07, 6.45) is 5.72. The van der Waals surface area contributed by atoms with Gasteiger partial charge in [-0.3, -0.25) is 9.59 Å². The third-order valence-electron chi connectivity index (χ3n) is 6.95. The summed E-state index contributed by atoms with van der Waals surface area (Å²) < 4.78 is 7.59. The Morgan fingerprint density at radius 1 is 1.07 bits per heavy atom. The highest BCUT2D eigenvalue weighted by molar-refractivity contribution is 7.15. The first-order valence-corrected chi connectivity index (χ1v) is 14.4. The summed E-state index contributed by atoms with van der Waals surface area (Å²) in [4.78, 5) is 27.2. The van der Waals surface area contributed by atoms with Crippen LogP contribution in [-0.2, 0) is 17.6 Å². The van der Waals surface area contributed by atoms with Gasteiger partial charge in [-0.2, -0.15) is 5.10 Å². The van der Waals surface area contributed by atoms with Crippen molar-refractivity contribution in [1.82, 2.24) is 9.99 Å². The molecule has 206 valence electrons. The molecule has 2 aromatic heterocycles. The maximum absolute atomic E-state index is 13.7. The number of benzene rings is 2. The van der Waals surface area contributed by atoms with Crippen LogP contribution in [0, 0.1) is 20.8 Å². The molecule has 2 N–H and O–H groups in total. The summed E-state index contributed by atoms with van der Waals surface area (Å²) in [5.41, 5.74) is 9.10. The van der Waals surface area contributed by atoms with Gasteiger partial charge in [0.1, 0.15) is 10.8 Å². The van der Waals surface area contributed by atoms with Crippen molar-refractivity contribution in [2.75, 3.05) is 11.9 Å². The molecular formula is C31H31ClN4O3S. The Hall–Kier alpha value is -3.88. The normalized spacial score (nSPS) is 12.8. The Balaban J connectivity index is 1.36. The molecular weight excluding hydrogens is 544 g/mol. The summed E-state index contributed by atoms with van der Waals surface area (Å²) in [5, 5.41) is 8.61. The quantitative estimate of drug-likeness (QED) is 0.180. The van der Waals surface area contributed by atoms with E-state index in [1.54, 1.807) is 41.8 Å². The van der Waals surface area contributed by atoms with Gasteiger partial charge < -0.3 is 14.6 Å².